The molecular formula is C28H21Cl2N3O5. The molecule has 0 aromatic heterocycles. The number of halogens is 2. The summed E-state index contributed by atoms with van der Waals surface area (Å²) in [6.45, 7) is 3.03. The van der Waals surface area contributed by atoms with Crippen LogP contribution < -0.4 is 5.32 Å². The lowest BCUT2D eigenvalue weighted by Gasteiger charge is -2.54. The van der Waals surface area contributed by atoms with Crippen molar-refractivity contribution in [1.82, 2.24) is 4.90 Å². The quantitative estimate of drug-likeness (QED) is 0.217. The van der Waals surface area contributed by atoms with Gasteiger partial charge >= 0.3 is 0 Å². The zero-order valence-corrected chi connectivity index (χ0v) is 21.8. The van der Waals surface area contributed by atoms with Crippen LogP contribution in [0, 0.1) is 28.9 Å². The van der Waals surface area contributed by atoms with Crippen molar-refractivity contribution in [2.75, 3.05) is 5.32 Å². The molecule has 0 radical (unpaired) electrons. The number of carbonyl (C=O) groups excluding carboxylic acids is 3. The minimum atomic E-state index is -1.34. The van der Waals surface area contributed by atoms with Crippen molar-refractivity contribution in [1.29, 1.82) is 0 Å². The number of rotatable bonds is 4. The number of aryl methyl sites for hydroxylation is 1. The summed E-state index contributed by atoms with van der Waals surface area (Å²) in [5.74, 6) is -3.87. The average Bonchev–Trinajstić information content (AvgIpc) is 3.18. The first-order valence-corrected chi connectivity index (χ1v) is 12.8. The number of alkyl halides is 2. The van der Waals surface area contributed by atoms with Gasteiger partial charge in [-0.2, -0.15) is 0 Å². The zero-order chi connectivity index (χ0) is 27.1. The number of benzene rings is 3. The number of amides is 3. The van der Waals surface area contributed by atoms with Gasteiger partial charge < -0.3 is 5.32 Å². The van der Waals surface area contributed by atoms with E-state index in [1.54, 1.807) is 6.92 Å². The van der Waals surface area contributed by atoms with E-state index in [1.165, 1.54) is 25.1 Å². The molecule has 0 spiro atoms. The molecule has 10 heteroatoms. The first kappa shape index (κ1) is 24.6. The fraction of sp³-hybridized carbons (Fsp3) is 0.250. The second-order valence-electron chi connectivity index (χ2n) is 9.94. The van der Waals surface area contributed by atoms with E-state index in [4.69, 9.17) is 23.2 Å². The number of anilines is 1. The summed E-state index contributed by atoms with van der Waals surface area (Å²) in [4.78, 5) is 50.2. The molecule has 7 rings (SSSR count). The molecule has 1 fully saturated rings. The molecule has 1 aliphatic heterocycles. The number of nitro groups is 1. The Kier molecular flexibility index (Phi) is 5.25. The van der Waals surface area contributed by atoms with E-state index in [1.807, 2.05) is 48.5 Å². The highest BCUT2D eigenvalue weighted by Gasteiger charge is 2.73. The van der Waals surface area contributed by atoms with Crippen LogP contribution in [0.5, 0.6) is 0 Å². The summed E-state index contributed by atoms with van der Waals surface area (Å²) in [5, 5.41) is 13.9. The summed E-state index contributed by atoms with van der Waals surface area (Å²) >= 11 is 14.8. The summed E-state index contributed by atoms with van der Waals surface area (Å²) in [5.41, 5.74) is 3.14. The largest absolute Gasteiger partial charge is 0.324 e. The van der Waals surface area contributed by atoms with Crippen LogP contribution in [0.1, 0.15) is 34.7 Å². The highest BCUT2D eigenvalue weighted by molar-refractivity contribution is 6.36. The molecule has 3 aromatic rings. The first-order chi connectivity index (χ1) is 18.0. The Balaban J connectivity index is 1.41. The Morgan fingerprint density at radius 2 is 1.37 bits per heavy atom. The van der Waals surface area contributed by atoms with Crippen LogP contribution in [0.2, 0.25) is 0 Å². The average molecular weight is 550 g/mol. The second-order valence-corrected chi connectivity index (χ2v) is 11.1. The van der Waals surface area contributed by atoms with Crippen molar-refractivity contribution in [2.45, 2.75) is 29.6 Å². The lowest BCUT2D eigenvalue weighted by atomic mass is 9.54. The predicted octanol–water partition coefficient (Wildman–Crippen LogP) is 4.82. The number of nitro benzene ring substituents is 1. The number of hydrogen-bond acceptors (Lipinski definition) is 5. The summed E-state index contributed by atoms with van der Waals surface area (Å²) < 4.78 is 0. The number of imide groups is 1. The maximum absolute atomic E-state index is 14.0. The third kappa shape index (κ3) is 2.95. The zero-order valence-electron chi connectivity index (χ0n) is 20.3. The predicted molar refractivity (Wildman–Crippen MR) is 141 cm³/mol. The number of carbonyl (C=O) groups is 3. The molecule has 3 aliphatic carbocycles. The molecule has 0 saturated carbocycles. The van der Waals surface area contributed by atoms with E-state index < -0.39 is 50.3 Å². The smallest absolute Gasteiger partial charge is 0.274 e. The van der Waals surface area contributed by atoms with Crippen molar-refractivity contribution in [3.05, 3.63) is 105 Å². The fourth-order valence-electron chi connectivity index (χ4n) is 6.32. The Morgan fingerprint density at radius 1 is 0.921 bits per heavy atom. The van der Waals surface area contributed by atoms with Crippen LogP contribution in [-0.4, -0.2) is 33.6 Å². The van der Waals surface area contributed by atoms with Gasteiger partial charge in [-0.1, -0.05) is 54.6 Å². The molecule has 3 aromatic carbocycles. The topological polar surface area (TPSA) is 110 Å². The summed E-state index contributed by atoms with van der Waals surface area (Å²) in [7, 11) is 0. The van der Waals surface area contributed by atoms with Crippen molar-refractivity contribution >= 4 is 52.3 Å². The molecule has 38 heavy (non-hydrogen) atoms. The minimum absolute atomic E-state index is 0.157. The van der Waals surface area contributed by atoms with Gasteiger partial charge in [0.2, 0.25) is 17.7 Å². The molecule has 1 N–H and O–H groups in total. The number of likely N-dealkylation sites (tertiary alicyclic amines) is 1. The number of nitrogens with zero attached hydrogens (tertiary/aromatic N) is 2. The number of hydrogen-bond donors (Lipinski definition) is 1. The van der Waals surface area contributed by atoms with Gasteiger partial charge in [-0.3, -0.25) is 29.4 Å². The molecule has 0 unspecified atom stereocenters. The lowest BCUT2D eigenvalue weighted by Crippen LogP contribution is -2.57. The van der Waals surface area contributed by atoms with E-state index in [-0.39, 0.29) is 11.4 Å². The van der Waals surface area contributed by atoms with Crippen LogP contribution in [-0.2, 0) is 24.1 Å². The molecule has 1 saturated heterocycles. The van der Waals surface area contributed by atoms with Gasteiger partial charge in [-0.15, -0.1) is 23.2 Å². The maximum Gasteiger partial charge on any atom is 0.274 e. The summed E-state index contributed by atoms with van der Waals surface area (Å²) in [6.07, 6.45) is 0. The highest BCUT2D eigenvalue weighted by Crippen LogP contribution is 2.69. The summed E-state index contributed by atoms with van der Waals surface area (Å²) in [6, 6.07) is 17.6. The van der Waals surface area contributed by atoms with E-state index in [0.29, 0.717) is 27.8 Å². The Hall–Kier alpha value is -3.75. The molecule has 192 valence electrons. The van der Waals surface area contributed by atoms with Gasteiger partial charge in [0.25, 0.3) is 5.69 Å². The van der Waals surface area contributed by atoms with Crippen molar-refractivity contribution < 1.29 is 19.3 Å². The third-order valence-electron chi connectivity index (χ3n) is 8.06. The molecule has 3 atom stereocenters. The van der Waals surface area contributed by atoms with Gasteiger partial charge in [0.05, 0.1) is 16.8 Å². The van der Waals surface area contributed by atoms with Crippen LogP contribution in [0.4, 0.5) is 11.4 Å². The lowest BCUT2D eigenvalue weighted by molar-refractivity contribution is -0.385. The monoisotopic (exact) mass is 549 g/mol. The van der Waals surface area contributed by atoms with E-state index in [2.05, 4.69) is 5.32 Å². The van der Waals surface area contributed by atoms with Gasteiger partial charge in [0, 0.05) is 17.3 Å². The Morgan fingerprint density at radius 3 is 1.79 bits per heavy atom. The molecule has 8 nitrogen and oxygen atoms in total. The first-order valence-electron chi connectivity index (χ1n) is 12.0. The van der Waals surface area contributed by atoms with E-state index >= 15 is 0 Å². The fourth-order valence-corrected chi connectivity index (χ4v) is 7.42. The van der Waals surface area contributed by atoms with Crippen LogP contribution >= 0.6 is 23.2 Å². The SMILES string of the molecule is Cc1ccc(NC(=O)[C@H](C)N2C(=O)[C@@H]3[C@H](C2=O)C2(Cl)c4ccccc4C3(Cl)c3ccccc32)cc1[N+](=O)[O-]. The minimum Gasteiger partial charge on any atom is -0.324 e. The van der Waals surface area contributed by atoms with Gasteiger partial charge in [-0.05, 0) is 42.2 Å². The van der Waals surface area contributed by atoms with Crippen molar-refractivity contribution in [3.63, 3.8) is 0 Å². The van der Waals surface area contributed by atoms with Crippen molar-refractivity contribution in [3.8, 4) is 0 Å². The molecule has 2 bridgehead atoms. The highest BCUT2D eigenvalue weighted by atomic mass is 35.5. The second kappa shape index (κ2) is 8.12. The van der Waals surface area contributed by atoms with Crippen molar-refractivity contribution in [2.24, 2.45) is 11.8 Å². The molecule has 1 heterocycles. The molecular weight excluding hydrogens is 529 g/mol. The molecule has 3 amide bonds. The van der Waals surface area contributed by atoms with E-state index in [9.17, 15) is 24.5 Å². The van der Waals surface area contributed by atoms with Gasteiger partial charge in [-0.25, -0.2) is 0 Å². The maximum atomic E-state index is 14.0. The van der Waals surface area contributed by atoms with Crippen LogP contribution in [0.3, 0.4) is 0 Å². The van der Waals surface area contributed by atoms with Crippen LogP contribution in [0.25, 0.3) is 0 Å². The number of nitrogens with one attached hydrogen (secondary N) is 1. The Labute approximate surface area is 227 Å². The van der Waals surface area contributed by atoms with E-state index in [0.717, 1.165) is 4.90 Å². The normalized spacial score (nSPS) is 27.4. The standard InChI is InChI=1S/C28H21Cl2N3O5/c1-14-11-12-16(13-21(14)33(37)38)31-24(34)15(2)32-25(35)22-23(26(32)36)28(30)18-8-4-3-7-17(18)27(22,29)19-9-5-6-10-20(19)28/h3-13,15,22-23H,1-2H3,(H,31,34)/t15-,22-,23+,27?,28?/m0/s1. The Bertz CT molecular complexity index is 1470. The molecule has 4 aliphatic rings. The van der Waals surface area contributed by atoms with Gasteiger partial charge in [0.15, 0.2) is 0 Å². The van der Waals surface area contributed by atoms with Gasteiger partial charge in [0.1, 0.15) is 15.8 Å². The third-order valence-corrected chi connectivity index (χ3v) is 9.34. The van der Waals surface area contributed by atoms with Crippen LogP contribution in [0.15, 0.2) is 66.7 Å².